The van der Waals surface area contributed by atoms with E-state index in [-0.39, 0.29) is 0 Å². The summed E-state index contributed by atoms with van der Waals surface area (Å²) >= 11 is 0. The smallest absolute Gasteiger partial charge is 0.0991 e. The van der Waals surface area contributed by atoms with Crippen LogP contribution in [0.15, 0.2) is 0 Å². The fourth-order valence-corrected chi connectivity index (χ4v) is 1.67. The monoisotopic (exact) mass is 143 g/mol. The summed E-state index contributed by atoms with van der Waals surface area (Å²) in [7, 11) is 1.75. The lowest BCUT2D eigenvalue weighted by Crippen LogP contribution is -2.63. The number of morpholine rings is 1. The van der Waals surface area contributed by atoms with Crippen molar-refractivity contribution in [3.8, 4) is 0 Å². The second-order valence-electron chi connectivity index (χ2n) is 2.91. The lowest BCUT2D eigenvalue weighted by atomic mass is 9.84. The largest absolute Gasteiger partial charge is 0.379 e. The van der Waals surface area contributed by atoms with Crippen LogP contribution in [0.25, 0.3) is 0 Å². The Balaban J connectivity index is 1.89. The van der Waals surface area contributed by atoms with Crippen LogP contribution in [0.1, 0.15) is 6.42 Å². The van der Waals surface area contributed by atoms with Crippen LogP contribution in [0.3, 0.4) is 0 Å². The highest BCUT2D eigenvalue weighted by molar-refractivity contribution is 4.98. The molecule has 1 saturated heterocycles. The van der Waals surface area contributed by atoms with Crippen molar-refractivity contribution in [2.24, 2.45) is 0 Å². The second kappa shape index (κ2) is 2.49. The molecule has 58 valence electrons. The number of hydrogen-bond donors (Lipinski definition) is 1. The highest BCUT2D eigenvalue weighted by Crippen LogP contribution is 2.28. The van der Waals surface area contributed by atoms with Crippen molar-refractivity contribution in [1.29, 1.82) is 0 Å². The second-order valence-corrected chi connectivity index (χ2v) is 2.91. The van der Waals surface area contributed by atoms with Gasteiger partial charge in [-0.05, 0) is 6.42 Å². The summed E-state index contributed by atoms with van der Waals surface area (Å²) in [4.78, 5) is 0. The van der Waals surface area contributed by atoms with E-state index in [1.165, 1.54) is 0 Å². The number of rotatable bonds is 1. The predicted octanol–water partition coefficient (Wildman–Crippen LogP) is -0.238. The molecule has 2 fully saturated rings. The summed E-state index contributed by atoms with van der Waals surface area (Å²) in [6.45, 7) is 1.83. The average molecular weight is 143 g/mol. The summed E-state index contributed by atoms with van der Waals surface area (Å²) in [5.41, 5.74) is 0. The summed E-state index contributed by atoms with van der Waals surface area (Å²) in [6, 6.07) is 0.568. The van der Waals surface area contributed by atoms with Crippen molar-refractivity contribution in [2.75, 3.05) is 20.3 Å². The standard InChI is InChI=1S/C7H13NO2/c1-9-6-4-5-7(6)10-3-2-8-5/h5-8H,2-4H2,1H3/t5-,6-,7-/m1/s1. The van der Waals surface area contributed by atoms with E-state index >= 15 is 0 Å². The molecule has 1 N–H and O–H groups in total. The molecule has 0 amide bonds. The van der Waals surface area contributed by atoms with E-state index in [0.29, 0.717) is 18.2 Å². The van der Waals surface area contributed by atoms with Gasteiger partial charge in [-0.25, -0.2) is 0 Å². The minimum absolute atomic E-state index is 0.332. The van der Waals surface area contributed by atoms with E-state index in [4.69, 9.17) is 9.47 Å². The molecule has 0 spiro atoms. The Morgan fingerprint density at radius 2 is 2.50 bits per heavy atom. The Morgan fingerprint density at radius 1 is 1.60 bits per heavy atom. The molecule has 1 heterocycles. The Morgan fingerprint density at radius 3 is 3.20 bits per heavy atom. The fourth-order valence-electron chi connectivity index (χ4n) is 1.67. The van der Waals surface area contributed by atoms with Crippen LogP contribution in [0.2, 0.25) is 0 Å². The van der Waals surface area contributed by atoms with Gasteiger partial charge in [-0.3, -0.25) is 0 Å². The van der Waals surface area contributed by atoms with Crippen LogP contribution >= 0.6 is 0 Å². The molecule has 1 saturated carbocycles. The number of nitrogens with one attached hydrogen (secondary N) is 1. The van der Waals surface area contributed by atoms with E-state index in [1.54, 1.807) is 7.11 Å². The lowest BCUT2D eigenvalue weighted by Gasteiger charge is -2.46. The number of fused-ring (bicyclic) bond motifs is 1. The van der Waals surface area contributed by atoms with Gasteiger partial charge in [0.15, 0.2) is 0 Å². The third-order valence-corrected chi connectivity index (χ3v) is 2.37. The first-order valence-corrected chi connectivity index (χ1v) is 3.79. The molecule has 3 atom stereocenters. The van der Waals surface area contributed by atoms with E-state index in [1.807, 2.05) is 0 Å². The minimum atomic E-state index is 0.332. The van der Waals surface area contributed by atoms with Crippen molar-refractivity contribution in [2.45, 2.75) is 24.7 Å². The SMILES string of the molecule is CO[C@@H]1C[C@H]2NCCO[C@H]21. The number of hydrogen-bond acceptors (Lipinski definition) is 3. The minimum Gasteiger partial charge on any atom is -0.379 e. The molecule has 2 aliphatic rings. The van der Waals surface area contributed by atoms with Crippen LogP contribution in [-0.2, 0) is 9.47 Å². The molecule has 0 bridgehead atoms. The first-order chi connectivity index (χ1) is 4.92. The highest BCUT2D eigenvalue weighted by atomic mass is 16.5. The lowest BCUT2D eigenvalue weighted by molar-refractivity contribution is -0.152. The quantitative estimate of drug-likeness (QED) is 0.549. The molecule has 2 rings (SSSR count). The van der Waals surface area contributed by atoms with Gasteiger partial charge in [0.05, 0.1) is 18.8 Å². The van der Waals surface area contributed by atoms with E-state index in [9.17, 15) is 0 Å². The Hall–Kier alpha value is -0.120. The first-order valence-electron chi connectivity index (χ1n) is 3.79. The molecule has 0 aromatic rings. The molecule has 1 aliphatic carbocycles. The summed E-state index contributed by atoms with van der Waals surface area (Å²) in [6.07, 6.45) is 1.79. The maximum absolute atomic E-state index is 5.49. The Kier molecular flexibility index (Phi) is 1.64. The molecule has 3 heteroatoms. The van der Waals surface area contributed by atoms with Gasteiger partial charge in [-0.2, -0.15) is 0 Å². The third kappa shape index (κ3) is 0.856. The Bertz CT molecular complexity index is 125. The summed E-state index contributed by atoms with van der Waals surface area (Å²) in [5, 5.41) is 3.38. The van der Waals surface area contributed by atoms with Gasteiger partial charge in [-0.1, -0.05) is 0 Å². The van der Waals surface area contributed by atoms with E-state index in [0.717, 1.165) is 19.6 Å². The van der Waals surface area contributed by atoms with Gasteiger partial charge in [0.25, 0.3) is 0 Å². The molecular weight excluding hydrogens is 130 g/mol. The van der Waals surface area contributed by atoms with Gasteiger partial charge in [0.1, 0.15) is 0 Å². The maximum Gasteiger partial charge on any atom is 0.0991 e. The third-order valence-electron chi connectivity index (χ3n) is 2.37. The van der Waals surface area contributed by atoms with Crippen LogP contribution in [-0.4, -0.2) is 38.5 Å². The van der Waals surface area contributed by atoms with Crippen molar-refractivity contribution in [1.82, 2.24) is 5.32 Å². The van der Waals surface area contributed by atoms with Gasteiger partial charge in [0.2, 0.25) is 0 Å². The number of ether oxygens (including phenoxy) is 2. The normalized spacial score (nSPS) is 45.9. The molecule has 3 nitrogen and oxygen atoms in total. The van der Waals surface area contributed by atoms with Crippen LogP contribution in [0.4, 0.5) is 0 Å². The average Bonchev–Trinajstić information content (AvgIpc) is 1.92. The van der Waals surface area contributed by atoms with Crippen LogP contribution < -0.4 is 5.32 Å². The zero-order chi connectivity index (χ0) is 6.97. The first kappa shape index (κ1) is 6.58. The zero-order valence-corrected chi connectivity index (χ0v) is 6.17. The van der Waals surface area contributed by atoms with E-state index in [2.05, 4.69) is 5.32 Å². The molecule has 0 unspecified atom stereocenters. The van der Waals surface area contributed by atoms with Crippen LogP contribution in [0.5, 0.6) is 0 Å². The van der Waals surface area contributed by atoms with Gasteiger partial charge in [0, 0.05) is 19.7 Å². The summed E-state index contributed by atoms with van der Waals surface area (Å²) in [5.74, 6) is 0. The molecule has 0 aromatic heterocycles. The molecule has 10 heavy (non-hydrogen) atoms. The van der Waals surface area contributed by atoms with Crippen molar-refractivity contribution in [3.63, 3.8) is 0 Å². The Labute approximate surface area is 60.7 Å². The molecule has 0 aromatic carbocycles. The van der Waals surface area contributed by atoms with Crippen molar-refractivity contribution in [3.05, 3.63) is 0 Å². The summed E-state index contributed by atoms with van der Waals surface area (Å²) < 4.78 is 10.7. The topological polar surface area (TPSA) is 30.5 Å². The maximum atomic E-state index is 5.49. The zero-order valence-electron chi connectivity index (χ0n) is 6.17. The fraction of sp³-hybridized carbons (Fsp3) is 1.00. The number of methoxy groups -OCH3 is 1. The van der Waals surface area contributed by atoms with Crippen LogP contribution in [0, 0.1) is 0 Å². The van der Waals surface area contributed by atoms with Gasteiger partial charge >= 0.3 is 0 Å². The van der Waals surface area contributed by atoms with Gasteiger partial charge < -0.3 is 14.8 Å². The van der Waals surface area contributed by atoms with Gasteiger partial charge in [-0.15, -0.1) is 0 Å². The highest BCUT2D eigenvalue weighted by Gasteiger charge is 2.43. The van der Waals surface area contributed by atoms with Crippen molar-refractivity contribution < 1.29 is 9.47 Å². The van der Waals surface area contributed by atoms with E-state index < -0.39 is 0 Å². The molecular formula is C7H13NO2. The van der Waals surface area contributed by atoms with Crippen molar-refractivity contribution >= 4 is 0 Å². The molecule has 1 aliphatic heterocycles. The predicted molar refractivity (Wildman–Crippen MR) is 36.9 cm³/mol. The molecule has 0 radical (unpaired) electrons.